The largest absolute Gasteiger partial charge is 0.374 e. The Balaban J connectivity index is 1.46. The molecule has 0 aromatic heterocycles. The van der Waals surface area contributed by atoms with E-state index in [9.17, 15) is 5.11 Å². The summed E-state index contributed by atoms with van der Waals surface area (Å²) in [6, 6.07) is 28.9. The molecule has 5 nitrogen and oxygen atoms in total. The molecule has 0 saturated carbocycles. The summed E-state index contributed by atoms with van der Waals surface area (Å²) in [5.41, 5.74) is 2.87. The van der Waals surface area contributed by atoms with E-state index in [1.807, 2.05) is 91.0 Å². The van der Waals surface area contributed by atoms with Crippen molar-refractivity contribution >= 4 is 0 Å². The van der Waals surface area contributed by atoms with E-state index in [0.717, 1.165) is 16.7 Å². The number of aliphatic hydroxyl groups excluding tert-OH is 1. The van der Waals surface area contributed by atoms with Gasteiger partial charge in [0.2, 0.25) is 0 Å². The fourth-order valence-corrected chi connectivity index (χ4v) is 3.81. The second-order valence-corrected chi connectivity index (χ2v) is 8.03. The van der Waals surface area contributed by atoms with E-state index >= 15 is 4.39 Å². The number of benzene rings is 3. The van der Waals surface area contributed by atoms with Crippen molar-refractivity contribution in [2.24, 2.45) is 0 Å². The predicted molar refractivity (Wildman–Crippen MR) is 122 cm³/mol. The number of halogens is 1. The maximum atomic E-state index is 15.1. The highest BCUT2D eigenvalue weighted by Gasteiger charge is 2.47. The van der Waals surface area contributed by atoms with Crippen molar-refractivity contribution in [3.63, 3.8) is 0 Å². The molecule has 174 valence electrons. The van der Waals surface area contributed by atoms with E-state index < -0.39 is 30.8 Å². The third kappa shape index (κ3) is 6.69. The number of ether oxygens (including phenoxy) is 4. The number of rotatable bonds is 10. The molecule has 0 spiro atoms. The van der Waals surface area contributed by atoms with Gasteiger partial charge in [0.05, 0.1) is 26.4 Å². The fourth-order valence-electron chi connectivity index (χ4n) is 3.81. The molecule has 0 aliphatic carbocycles. The Kier molecular flexibility index (Phi) is 8.58. The van der Waals surface area contributed by atoms with E-state index in [2.05, 4.69) is 0 Å². The highest BCUT2D eigenvalue weighted by Crippen LogP contribution is 2.29. The summed E-state index contributed by atoms with van der Waals surface area (Å²) in [6.45, 7) is 0.958. The van der Waals surface area contributed by atoms with Crippen molar-refractivity contribution in [2.45, 2.75) is 50.6 Å². The molecule has 0 amide bonds. The Morgan fingerprint density at radius 1 is 0.667 bits per heavy atom. The molecule has 6 heteroatoms. The molecule has 1 aliphatic rings. The Morgan fingerprint density at radius 2 is 1.12 bits per heavy atom. The molecular formula is C27H29FO5. The minimum Gasteiger partial charge on any atom is -0.374 e. The van der Waals surface area contributed by atoms with Crippen LogP contribution in [-0.2, 0) is 38.8 Å². The van der Waals surface area contributed by atoms with Gasteiger partial charge in [-0.3, -0.25) is 0 Å². The van der Waals surface area contributed by atoms with Gasteiger partial charge in [-0.25, -0.2) is 4.39 Å². The highest BCUT2D eigenvalue weighted by molar-refractivity contribution is 5.15. The summed E-state index contributed by atoms with van der Waals surface area (Å²) in [6.07, 6.45) is -5.83. The Bertz CT molecular complexity index is 941. The van der Waals surface area contributed by atoms with Gasteiger partial charge in [0.25, 0.3) is 0 Å². The molecule has 3 aromatic rings. The average molecular weight is 453 g/mol. The van der Waals surface area contributed by atoms with Gasteiger partial charge in [-0.2, -0.15) is 0 Å². The molecule has 5 atom stereocenters. The number of hydrogen-bond acceptors (Lipinski definition) is 5. The minimum absolute atomic E-state index is 0.128. The van der Waals surface area contributed by atoms with Crippen LogP contribution in [0.2, 0.25) is 0 Å². The molecule has 1 saturated heterocycles. The topological polar surface area (TPSA) is 57.2 Å². The lowest BCUT2D eigenvalue weighted by Gasteiger charge is -2.41. The summed E-state index contributed by atoms with van der Waals surface area (Å²) < 4.78 is 38.5. The molecule has 3 unspecified atom stereocenters. The first-order valence-electron chi connectivity index (χ1n) is 11.1. The van der Waals surface area contributed by atoms with Gasteiger partial charge in [-0.15, -0.1) is 0 Å². The first kappa shape index (κ1) is 23.5. The molecule has 1 fully saturated rings. The molecule has 0 bridgehead atoms. The zero-order valence-electron chi connectivity index (χ0n) is 18.3. The van der Waals surface area contributed by atoms with Crippen LogP contribution in [0.5, 0.6) is 0 Å². The predicted octanol–water partition coefficient (Wildman–Crippen LogP) is 4.43. The Morgan fingerprint density at radius 3 is 1.64 bits per heavy atom. The number of hydrogen-bond donors (Lipinski definition) is 1. The Hall–Kier alpha value is -2.61. The van der Waals surface area contributed by atoms with Crippen LogP contribution in [0.3, 0.4) is 0 Å². The molecule has 1 aliphatic heterocycles. The summed E-state index contributed by atoms with van der Waals surface area (Å²) in [7, 11) is 0. The van der Waals surface area contributed by atoms with Gasteiger partial charge in [-0.05, 0) is 16.7 Å². The second-order valence-electron chi connectivity index (χ2n) is 8.03. The van der Waals surface area contributed by atoms with Crippen molar-refractivity contribution < 1.29 is 28.4 Å². The summed E-state index contributed by atoms with van der Waals surface area (Å²) >= 11 is 0. The van der Waals surface area contributed by atoms with Crippen LogP contribution in [0.4, 0.5) is 4.39 Å². The number of aliphatic hydroxyl groups is 1. The van der Waals surface area contributed by atoms with Gasteiger partial charge < -0.3 is 24.1 Å². The van der Waals surface area contributed by atoms with E-state index in [4.69, 9.17) is 18.9 Å². The van der Waals surface area contributed by atoms with Crippen LogP contribution in [0, 0.1) is 0 Å². The summed E-state index contributed by atoms with van der Waals surface area (Å²) in [5.74, 6) is 0. The fraction of sp³-hybridized carbons (Fsp3) is 0.333. The van der Waals surface area contributed by atoms with E-state index in [-0.39, 0.29) is 19.8 Å². The third-order valence-electron chi connectivity index (χ3n) is 5.55. The smallest absolute Gasteiger partial charge is 0.189 e. The van der Waals surface area contributed by atoms with Crippen molar-refractivity contribution in [3.8, 4) is 0 Å². The van der Waals surface area contributed by atoms with Crippen molar-refractivity contribution in [3.05, 3.63) is 108 Å². The maximum absolute atomic E-state index is 15.1. The molecule has 3 aromatic carbocycles. The van der Waals surface area contributed by atoms with Gasteiger partial charge in [0, 0.05) is 0 Å². The van der Waals surface area contributed by atoms with Crippen molar-refractivity contribution in [2.75, 3.05) is 6.61 Å². The zero-order valence-corrected chi connectivity index (χ0v) is 18.3. The molecule has 1 N–H and O–H groups in total. The summed E-state index contributed by atoms with van der Waals surface area (Å²) in [4.78, 5) is 0. The average Bonchev–Trinajstić information content (AvgIpc) is 2.86. The lowest BCUT2D eigenvalue weighted by Crippen LogP contribution is -2.59. The van der Waals surface area contributed by atoms with Crippen LogP contribution < -0.4 is 0 Å². The van der Waals surface area contributed by atoms with Crippen LogP contribution in [-0.4, -0.2) is 42.5 Å². The molecular weight excluding hydrogens is 423 g/mol. The van der Waals surface area contributed by atoms with Crippen LogP contribution in [0.1, 0.15) is 16.7 Å². The van der Waals surface area contributed by atoms with Gasteiger partial charge in [0.1, 0.15) is 18.3 Å². The van der Waals surface area contributed by atoms with Crippen LogP contribution >= 0.6 is 0 Å². The quantitative estimate of drug-likeness (QED) is 0.493. The van der Waals surface area contributed by atoms with Crippen LogP contribution in [0.25, 0.3) is 0 Å². The first-order valence-corrected chi connectivity index (χ1v) is 11.1. The number of alkyl halides is 1. The first-order chi connectivity index (χ1) is 16.2. The molecule has 33 heavy (non-hydrogen) atoms. The van der Waals surface area contributed by atoms with Gasteiger partial charge >= 0.3 is 0 Å². The van der Waals surface area contributed by atoms with Crippen molar-refractivity contribution in [1.82, 2.24) is 0 Å². The minimum atomic E-state index is -1.75. The summed E-state index contributed by atoms with van der Waals surface area (Å²) in [5, 5.41) is 10.2. The van der Waals surface area contributed by atoms with E-state index in [1.165, 1.54) is 0 Å². The molecule has 4 rings (SSSR count). The monoisotopic (exact) mass is 452 g/mol. The zero-order chi connectivity index (χ0) is 22.9. The highest BCUT2D eigenvalue weighted by atomic mass is 19.1. The van der Waals surface area contributed by atoms with Crippen LogP contribution in [0.15, 0.2) is 91.0 Å². The standard InChI is InChI=1S/C27H29FO5/c28-24-26(32-18-22-14-8-3-9-15-22)25(31-17-21-12-6-2-7-13-21)23(33-27(24)29)19-30-16-20-10-4-1-5-11-20/h1-15,23-27,29H,16-19H2/t23?,24?,25-,26?,27-/m1/s1. The SMILES string of the molecule is O[C@@H]1OC(COCc2ccccc2)[C@@H](OCc2ccccc2)C(OCc2ccccc2)C1F. The normalized spacial score (nSPS) is 25.1. The third-order valence-corrected chi connectivity index (χ3v) is 5.55. The Labute approximate surface area is 193 Å². The molecule has 0 radical (unpaired) electrons. The van der Waals surface area contributed by atoms with E-state index in [1.54, 1.807) is 0 Å². The molecule has 1 heterocycles. The maximum Gasteiger partial charge on any atom is 0.189 e. The second kappa shape index (κ2) is 12.0. The van der Waals surface area contributed by atoms with Crippen molar-refractivity contribution in [1.29, 1.82) is 0 Å². The lowest BCUT2D eigenvalue weighted by atomic mass is 9.99. The lowest BCUT2D eigenvalue weighted by molar-refractivity contribution is -0.293. The van der Waals surface area contributed by atoms with Gasteiger partial charge in [0.15, 0.2) is 12.5 Å². The van der Waals surface area contributed by atoms with E-state index in [0.29, 0.717) is 6.61 Å². The van der Waals surface area contributed by atoms with Gasteiger partial charge in [-0.1, -0.05) is 91.0 Å².